The molecule has 0 saturated carbocycles. The molecule has 0 aliphatic rings. The van der Waals surface area contributed by atoms with Gasteiger partial charge in [0.1, 0.15) is 0 Å². The number of hydrogen-bond donors (Lipinski definition) is 0. The van der Waals surface area contributed by atoms with E-state index in [1.165, 1.54) is 44.9 Å². The van der Waals surface area contributed by atoms with Gasteiger partial charge in [-0.25, -0.2) is 0 Å². The lowest BCUT2D eigenvalue weighted by atomic mass is 10.1. The lowest BCUT2D eigenvalue weighted by molar-refractivity contribution is 0.594. The van der Waals surface area contributed by atoms with Crippen molar-refractivity contribution in [1.29, 1.82) is 0 Å². The predicted octanol–water partition coefficient (Wildman–Crippen LogP) is 4.35. The maximum Gasteiger partial charge on any atom is 0.00890 e. The third-order valence-electron chi connectivity index (χ3n) is 2.16. The van der Waals surface area contributed by atoms with Gasteiger partial charge in [-0.3, -0.25) is 0 Å². The van der Waals surface area contributed by atoms with Crippen LogP contribution in [0.15, 0.2) is 0 Å². The quantitative estimate of drug-likeness (QED) is 0.402. The smallest absolute Gasteiger partial charge is 0.00890 e. The molecule has 0 aromatic carbocycles. The highest BCUT2D eigenvalue weighted by atomic mass is 13.9. The first-order valence-electron chi connectivity index (χ1n) is 5.66. The van der Waals surface area contributed by atoms with Gasteiger partial charge in [0.25, 0.3) is 0 Å². The minimum absolute atomic E-state index is 0.760. The maximum absolute atomic E-state index is 3.68. The van der Waals surface area contributed by atoms with Gasteiger partial charge in [0.2, 0.25) is 0 Å². The van der Waals surface area contributed by atoms with Gasteiger partial charge in [0, 0.05) is 12.8 Å². The van der Waals surface area contributed by atoms with E-state index in [0.717, 1.165) is 12.8 Å². The molecule has 0 nitrogen and oxygen atoms in total. The monoisotopic (exact) mass is 179 g/mol. The molecule has 0 fully saturated rings. The highest BCUT2D eigenvalue weighted by molar-refractivity contribution is 4.98. The van der Waals surface area contributed by atoms with Gasteiger partial charge in [-0.15, -0.1) is 11.8 Å². The lowest BCUT2D eigenvalue weighted by Crippen LogP contribution is -1.78. The van der Waals surface area contributed by atoms with E-state index in [9.17, 15) is 0 Å². The summed E-state index contributed by atoms with van der Waals surface area (Å²) in [6, 6.07) is 0. The van der Waals surface area contributed by atoms with E-state index in [2.05, 4.69) is 25.7 Å². The molecule has 0 aromatic heterocycles. The molecule has 0 rings (SSSR count). The first-order valence-corrected chi connectivity index (χ1v) is 5.66. The minimum atomic E-state index is 0.760. The van der Waals surface area contributed by atoms with E-state index in [-0.39, 0.29) is 0 Å². The van der Waals surface area contributed by atoms with Crippen LogP contribution in [0.25, 0.3) is 0 Å². The van der Waals surface area contributed by atoms with Crippen molar-refractivity contribution in [2.75, 3.05) is 0 Å². The van der Waals surface area contributed by atoms with E-state index in [1.807, 2.05) is 0 Å². The van der Waals surface area contributed by atoms with Gasteiger partial charge in [0.15, 0.2) is 0 Å². The highest BCUT2D eigenvalue weighted by Gasteiger charge is 1.88. The first kappa shape index (κ1) is 12.6. The zero-order valence-corrected chi connectivity index (χ0v) is 9.07. The molecule has 0 aliphatic heterocycles. The fraction of sp³-hybridized carbons (Fsp3) is 0.769. The summed E-state index contributed by atoms with van der Waals surface area (Å²) in [5.41, 5.74) is 0. The Balaban J connectivity index is 2.91. The summed E-state index contributed by atoms with van der Waals surface area (Å²) in [6.45, 7) is 5.94. The normalized spacial score (nSPS) is 9.38. The van der Waals surface area contributed by atoms with Crippen molar-refractivity contribution in [2.24, 2.45) is 0 Å². The van der Waals surface area contributed by atoms with Crippen LogP contribution in [0.3, 0.4) is 0 Å². The number of rotatable bonds is 7. The van der Waals surface area contributed by atoms with Crippen LogP contribution >= 0.6 is 0 Å². The Bertz CT molecular complexity index is 136. The minimum Gasteiger partial charge on any atom is -0.103 e. The summed E-state index contributed by atoms with van der Waals surface area (Å²) >= 11 is 0. The molecule has 75 valence electrons. The Morgan fingerprint density at radius 3 is 2.08 bits per heavy atom. The largest absolute Gasteiger partial charge is 0.103 e. The predicted molar refractivity (Wildman–Crippen MR) is 60.4 cm³/mol. The van der Waals surface area contributed by atoms with Crippen LogP contribution in [0.1, 0.15) is 64.7 Å². The second-order valence-corrected chi connectivity index (χ2v) is 3.47. The Morgan fingerprint density at radius 2 is 1.46 bits per heavy atom. The Hall–Kier alpha value is -0.440. The highest BCUT2D eigenvalue weighted by Crippen LogP contribution is 2.07. The van der Waals surface area contributed by atoms with Gasteiger partial charge in [0.05, 0.1) is 0 Å². The molecule has 13 heavy (non-hydrogen) atoms. The summed E-state index contributed by atoms with van der Waals surface area (Å²) in [7, 11) is 0. The van der Waals surface area contributed by atoms with E-state index < -0.39 is 0 Å². The summed E-state index contributed by atoms with van der Waals surface area (Å²) < 4.78 is 0. The zero-order chi connectivity index (χ0) is 9.78. The first-order chi connectivity index (χ1) is 6.41. The zero-order valence-electron chi connectivity index (χ0n) is 9.07. The Kier molecular flexibility index (Phi) is 11.2. The summed E-state index contributed by atoms with van der Waals surface area (Å²) in [5.74, 6) is 6.12. The summed E-state index contributed by atoms with van der Waals surface area (Å²) in [6.07, 6.45) is 11.4. The van der Waals surface area contributed by atoms with Crippen molar-refractivity contribution in [3.05, 3.63) is 6.92 Å². The lowest BCUT2D eigenvalue weighted by Gasteiger charge is -1.97. The van der Waals surface area contributed by atoms with Crippen LogP contribution in [-0.4, -0.2) is 0 Å². The van der Waals surface area contributed by atoms with E-state index in [1.54, 1.807) is 0 Å². The molecule has 0 unspecified atom stereocenters. The van der Waals surface area contributed by atoms with Crippen LogP contribution in [0.5, 0.6) is 0 Å². The van der Waals surface area contributed by atoms with Crippen LogP contribution < -0.4 is 0 Å². The third kappa shape index (κ3) is 11.6. The third-order valence-corrected chi connectivity index (χ3v) is 2.16. The van der Waals surface area contributed by atoms with Crippen molar-refractivity contribution >= 4 is 0 Å². The van der Waals surface area contributed by atoms with E-state index in [4.69, 9.17) is 0 Å². The van der Waals surface area contributed by atoms with Gasteiger partial charge in [-0.05, 0) is 13.3 Å². The Morgan fingerprint density at radius 1 is 0.846 bits per heavy atom. The van der Waals surface area contributed by atoms with Crippen LogP contribution in [-0.2, 0) is 0 Å². The van der Waals surface area contributed by atoms with Crippen molar-refractivity contribution in [3.8, 4) is 11.8 Å². The van der Waals surface area contributed by atoms with Crippen LogP contribution in [0.2, 0.25) is 0 Å². The van der Waals surface area contributed by atoms with Crippen LogP contribution in [0, 0.1) is 18.8 Å². The number of unbranched alkanes of at least 4 members (excludes halogenated alkanes) is 7. The molecule has 0 atom stereocenters. The molecule has 0 aliphatic carbocycles. The maximum atomic E-state index is 3.68. The van der Waals surface area contributed by atoms with Gasteiger partial charge < -0.3 is 0 Å². The molecule has 0 heterocycles. The second-order valence-electron chi connectivity index (χ2n) is 3.47. The standard InChI is InChI=1S/C13H23/c1-3-5-7-9-11-13-12-10-8-6-4-2/h1,3-4,6,8-13H2,2H3. The van der Waals surface area contributed by atoms with E-state index in [0.29, 0.717) is 0 Å². The fourth-order valence-electron chi connectivity index (χ4n) is 1.35. The van der Waals surface area contributed by atoms with Gasteiger partial charge in [-0.2, -0.15) is 0 Å². The topological polar surface area (TPSA) is 0 Å². The van der Waals surface area contributed by atoms with Gasteiger partial charge in [-0.1, -0.05) is 45.4 Å². The molecular formula is C13H23. The molecule has 0 heteroatoms. The molecule has 0 spiro atoms. The second kappa shape index (κ2) is 11.6. The average molecular weight is 179 g/mol. The van der Waals surface area contributed by atoms with E-state index >= 15 is 0 Å². The van der Waals surface area contributed by atoms with Crippen molar-refractivity contribution in [3.63, 3.8) is 0 Å². The molecule has 0 saturated heterocycles. The molecule has 0 N–H and O–H groups in total. The summed E-state index contributed by atoms with van der Waals surface area (Å²) in [5, 5.41) is 0. The molecule has 0 aromatic rings. The SMILES string of the molecule is [CH2]CC#CCCCCCCCCC. The molecule has 1 radical (unpaired) electrons. The summed E-state index contributed by atoms with van der Waals surface area (Å²) in [4.78, 5) is 0. The van der Waals surface area contributed by atoms with Crippen molar-refractivity contribution in [1.82, 2.24) is 0 Å². The molecule has 0 bridgehead atoms. The molecular weight excluding hydrogens is 156 g/mol. The Labute approximate surface area is 84.1 Å². The number of hydrogen-bond acceptors (Lipinski definition) is 0. The average Bonchev–Trinajstić information content (AvgIpc) is 2.16. The molecule has 0 amide bonds. The van der Waals surface area contributed by atoms with Gasteiger partial charge >= 0.3 is 0 Å². The fourth-order valence-corrected chi connectivity index (χ4v) is 1.35. The van der Waals surface area contributed by atoms with Crippen molar-refractivity contribution in [2.45, 2.75) is 64.7 Å². The van der Waals surface area contributed by atoms with Crippen molar-refractivity contribution < 1.29 is 0 Å². The van der Waals surface area contributed by atoms with Crippen LogP contribution in [0.4, 0.5) is 0 Å².